The zero-order chi connectivity index (χ0) is 13.1. The van der Waals surface area contributed by atoms with Crippen LogP contribution in [-0.2, 0) is 12.8 Å². The molecular weight excluding hydrogens is 248 g/mol. The lowest BCUT2D eigenvalue weighted by atomic mass is 10.2. The van der Waals surface area contributed by atoms with Crippen molar-refractivity contribution in [2.75, 3.05) is 0 Å². The number of aromatic nitrogens is 2. The third-order valence-electron chi connectivity index (χ3n) is 2.66. The van der Waals surface area contributed by atoms with Crippen molar-refractivity contribution in [1.82, 2.24) is 9.78 Å². The number of benzene rings is 1. The van der Waals surface area contributed by atoms with Gasteiger partial charge in [0, 0.05) is 17.7 Å². The summed E-state index contributed by atoms with van der Waals surface area (Å²) < 4.78 is 1.62. The molecule has 0 aliphatic heterocycles. The first-order valence-electron chi connectivity index (χ1n) is 5.51. The topological polar surface area (TPSA) is 55.1 Å². The van der Waals surface area contributed by atoms with Crippen LogP contribution in [0.5, 0.6) is 0 Å². The first-order valence-corrected chi connectivity index (χ1v) is 6.50. The Labute approximate surface area is 110 Å². The average molecular weight is 262 g/mol. The zero-order valence-electron chi connectivity index (χ0n) is 10.3. The number of thioether (sulfide) groups is 1. The monoisotopic (exact) mass is 262 g/mol. The Hall–Kier alpha value is -1.75. The van der Waals surface area contributed by atoms with Gasteiger partial charge in [-0.2, -0.15) is 5.10 Å². The van der Waals surface area contributed by atoms with Gasteiger partial charge in [-0.1, -0.05) is 17.7 Å². The second kappa shape index (κ2) is 5.27. The molecule has 5 heteroatoms. The number of hydrogen-bond donors (Lipinski definition) is 1. The van der Waals surface area contributed by atoms with E-state index in [0.717, 1.165) is 10.6 Å². The third kappa shape index (κ3) is 2.73. The number of rotatable bonds is 4. The van der Waals surface area contributed by atoms with Gasteiger partial charge in [-0.15, -0.1) is 11.8 Å². The number of aryl methyl sites for hydroxylation is 2. The lowest BCUT2D eigenvalue weighted by Crippen LogP contribution is -2.03. The van der Waals surface area contributed by atoms with Gasteiger partial charge in [0.15, 0.2) is 0 Å². The standard InChI is InChI=1S/C13H14N2O2S/c1-9-4-3-5-10(6-9)18-8-12-11(13(16)17)7-14-15(12)2/h3-7H,8H2,1-2H3,(H,16,17). The van der Waals surface area contributed by atoms with E-state index in [1.807, 2.05) is 25.1 Å². The van der Waals surface area contributed by atoms with Crippen molar-refractivity contribution in [2.24, 2.45) is 7.05 Å². The van der Waals surface area contributed by atoms with Gasteiger partial charge in [0.2, 0.25) is 0 Å². The molecule has 0 bridgehead atoms. The summed E-state index contributed by atoms with van der Waals surface area (Å²) in [5.41, 5.74) is 2.20. The van der Waals surface area contributed by atoms with Crippen LogP contribution in [0.4, 0.5) is 0 Å². The van der Waals surface area contributed by atoms with Gasteiger partial charge < -0.3 is 5.11 Å². The molecule has 0 saturated heterocycles. The molecule has 0 saturated carbocycles. The molecule has 0 radical (unpaired) electrons. The fourth-order valence-corrected chi connectivity index (χ4v) is 2.76. The highest BCUT2D eigenvalue weighted by Crippen LogP contribution is 2.24. The zero-order valence-corrected chi connectivity index (χ0v) is 11.1. The minimum absolute atomic E-state index is 0.276. The summed E-state index contributed by atoms with van der Waals surface area (Å²) in [5, 5.41) is 13.0. The summed E-state index contributed by atoms with van der Waals surface area (Å²) in [6.07, 6.45) is 1.40. The van der Waals surface area contributed by atoms with Gasteiger partial charge in [-0.3, -0.25) is 4.68 Å². The second-order valence-electron chi connectivity index (χ2n) is 4.04. The van der Waals surface area contributed by atoms with Crippen LogP contribution < -0.4 is 0 Å². The number of carboxylic acid groups (broad SMARTS) is 1. The molecule has 0 aliphatic carbocycles. The van der Waals surface area contributed by atoms with Crippen LogP contribution in [0.15, 0.2) is 35.4 Å². The van der Waals surface area contributed by atoms with E-state index in [9.17, 15) is 4.79 Å². The fraction of sp³-hybridized carbons (Fsp3) is 0.231. The SMILES string of the molecule is Cc1cccc(SCc2c(C(=O)O)cnn2C)c1. The van der Waals surface area contributed by atoms with Crippen molar-refractivity contribution in [3.63, 3.8) is 0 Å². The van der Waals surface area contributed by atoms with E-state index in [0.29, 0.717) is 5.75 Å². The fourth-order valence-electron chi connectivity index (χ4n) is 1.67. The molecular formula is C13H14N2O2S. The third-order valence-corrected chi connectivity index (χ3v) is 3.66. The van der Waals surface area contributed by atoms with Crippen LogP contribution in [-0.4, -0.2) is 20.9 Å². The van der Waals surface area contributed by atoms with Crippen molar-refractivity contribution < 1.29 is 9.90 Å². The predicted octanol–water partition coefficient (Wildman–Crippen LogP) is 2.72. The molecule has 2 aromatic rings. The van der Waals surface area contributed by atoms with Gasteiger partial charge in [0.05, 0.1) is 11.9 Å². The Morgan fingerprint density at radius 1 is 1.50 bits per heavy atom. The van der Waals surface area contributed by atoms with Crippen molar-refractivity contribution in [3.8, 4) is 0 Å². The Balaban J connectivity index is 2.15. The Morgan fingerprint density at radius 2 is 2.28 bits per heavy atom. The molecule has 0 spiro atoms. The average Bonchev–Trinajstić information content (AvgIpc) is 2.68. The highest BCUT2D eigenvalue weighted by Gasteiger charge is 2.14. The lowest BCUT2D eigenvalue weighted by molar-refractivity contribution is 0.0696. The van der Waals surface area contributed by atoms with Gasteiger partial charge in [0.1, 0.15) is 5.56 Å². The quantitative estimate of drug-likeness (QED) is 0.861. The second-order valence-corrected chi connectivity index (χ2v) is 5.09. The molecule has 1 aromatic carbocycles. The first-order chi connectivity index (χ1) is 8.58. The van der Waals surface area contributed by atoms with Crippen LogP contribution in [0.1, 0.15) is 21.6 Å². The molecule has 1 N–H and O–H groups in total. The molecule has 0 amide bonds. The summed E-state index contributed by atoms with van der Waals surface area (Å²) >= 11 is 1.61. The van der Waals surface area contributed by atoms with E-state index < -0.39 is 5.97 Å². The minimum Gasteiger partial charge on any atom is -0.478 e. The van der Waals surface area contributed by atoms with Crippen LogP contribution in [0.2, 0.25) is 0 Å². The molecule has 0 aliphatic rings. The number of carbonyl (C=O) groups is 1. The Kier molecular flexibility index (Phi) is 3.72. The van der Waals surface area contributed by atoms with Crippen molar-refractivity contribution in [1.29, 1.82) is 0 Å². The number of carboxylic acids is 1. The molecule has 4 nitrogen and oxygen atoms in total. The molecule has 0 unspecified atom stereocenters. The van der Waals surface area contributed by atoms with E-state index in [1.165, 1.54) is 11.8 Å². The predicted molar refractivity (Wildman–Crippen MR) is 70.9 cm³/mol. The van der Waals surface area contributed by atoms with Gasteiger partial charge in [-0.25, -0.2) is 4.79 Å². The molecule has 94 valence electrons. The van der Waals surface area contributed by atoms with E-state index in [4.69, 9.17) is 5.11 Å². The maximum Gasteiger partial charge on any atom is 0.339 e. The van der Waals surface area contributed by atoms with Crippen LogP contribution in [0.25, 0.3) is 0 Å². The molecule has 1 aromatic heterocycles. The maximum atomic E-state index is 11.0. The van der Waals surface area contributed by atoms with Crippen molar-refractivity contribution >= 4 is 17.7 Å². The van der Waals surface area contributed by atoms with Crippen LogP contribution in [0.3, 0.4) is 0 Å². The summed E-state index contributed by atoms with van der Waals surface area (Å²) in [6, 6.07) is 8.14. The van der Waals surface area contributed by atoms with E-state index in [-0.39, 0.29) is 5.56 Å². The number of hydrogen-bond acceptors (Lipinski definition) is 3. The van der Waals surface area contributed by atoms with Gasteiger partial charge in [-0.05, 0) is 19.1 Å². The number of nitrogens with zero attached hydrogens (tertiary/aromatic N) is 2. The van der Waals surface area contributed by atoms with E-state index >= 15 is 0 Å². The lowest BCUT2D eigenvalue weighted by Gasteiger charge is -2.05. The highest BCUT2D eigenvalue weighted by atomic mass is 32.2. The summed E-state index contributed by atoms with van der Waals surface area (Å²) in [5.74, 6) is -0.329. The summed E-state index contributed by atoms with van der Waals surface area (Å²) in [7, 11) is 1.76. The van der Waals surface area contributed by atoms with Crippen LogP contribution >= 0.6 is 11.8 Å². The first kappa shape index (κ1) is 12.7. The largest absolute Gasteiger partial charge is 0.478 e. The number of aromatic carboxylic acids is 1. The maximum absolute atomic E-state index is 11.0. The van der Waals surface area contributed by atoms with Gasteiger partial charge in [0.25, 0.3) is 0 Å². The van der Waals surface area contributed by atoms with Crippen LogP contribution in [0, 0.1) is 6.92 Å². The molecule has 2 rings (SSSR count). The van der Waals surface area contributed by atoms with E-state index in [2.05, 4.69) is 11.2 Å². The molecule has 18 heavy (non-hydrogen) atoms. The van der Waals surface area contributed by atoms with E-state index in [1.54, 1.807) is 23.5 Å². The Morgan fingerprint density at radius 3 is 2.94 bits per heavy atom. The Bertz CT molecular complexity index is 578. The molecule has 1 heterocycles. The minimum atomic E-state index is -0.928. The van der Waals surface area contributed by atoms with Crippen molar-refractivity contribution in [3.05, 3.63) is 47.3 Å². The summed E-state index contributed by atoms with van der Waals surface area (Å²) in [6.45, 7) is 2.04. The smallest absolute Gasteiger partial charge is 0.339 e. The van der Waals surface area contributed by atoms with Gasteiger partial charge >= 0.3 is 5.97 Å². The molecule has 0 fully saturated rings. The molecule has 0 atom stereocenters. The summed E-state index contributed by atoms with van der Waals surface area (Å²) in [4.78, 5) is 12.2. The van der Waals surface area contributed by atoms with Crippen molar-refractivity contribution in [2.45, 2.75) is 17.6 Å². The highest BCUT2D eigenvalue weighted by molar-refractivity contribution is 7.98. The normalized spacial score (nSPS) is 10.6.